The van der Waals surface area contributed by atoms with E-state index in [2.05, 4.69) is 0 Å². The molecule has 0 fully saturated rings. The fraction of sp³-hybridized carbons (Fsp3) is 0.125. The van der Waals surface area contributed by atoms with Crippen LogP contribution < -0.4 is 0 Å². The number of hydrogen-bond acceptors (Lipinski definition) is 2. The van der Waals surface area contributed by atoms with E-state index in [1.165, 1.54) is 25.3 Å². The van der Waals surface area contributed by atoms with Crippen molar-refractivity contribution in [3.8, 4) is 0 Å². The molecule has 0 aliphatic carbocycles. The van der Waals surface area contributed by atoms with Gasteiger partial charge in [-0.3, -0.25) is 0 Å². The van der Waals surface area contributed by atoms with Gasteiger partial charge in [-0.15, -0.1) is 0 Å². The summed E-state index contributed by atoms with van der Waals surface area (Å²) < 4.78 is 38.6. The number of halogens is 2. The maximum atomic E-state index is 13.1. The monoisotopic (exact) mass is 339 g/mol. The first kappa shape index (κ1) is 16.7. The Morgan fingerprint density at radius 1 is 1.18 bits per heavy atom. The van der Waals surface area contributed by atoms with E-state index in [0.717, 1.165) is 15.3 Å². The van der Waals surface area contributed by atoms with E-state index in [4.69, 9.17) is 11.6 Å². The molecule has 116 valence electrons. The lowest BCUT2D eigenvalue weighted by Gasteiger charge is -2.14. The van der Waals surface area contributed by atoms with E-state index in [0.29, 0.717) is 10.6 Å². The summed E-state index contributed by atoms with van der Waals surface area (Å²) in [5, 5.41) is 1.71. The van der Waals surface area contributed by atoms with Crippen LogP contribution in [0.1, 0.15) is 11.1 Å². The van der Waals surface area contributed by atoms with Crippen LogP contribution in [0.3, 0.4) is 0 Å². The smallest absolute Gasteiger partial charge is 0.208 e. The molecule has 0 aliphatic heterocycles. The lowest BCUT2D eigenvalue weighted by Crippen LogP contribution is -2.24. The highest BCUT2D eigenvalue weighted by atomic mass is 35.5. The van der Waals surface area contributed by atoms with Gasteiger partial charge >= 0.3 is 0 Å². The molecule has 0 aromatic heterocycles. The van der Waals surface area contributed by atoms with Gasteiger partial charge in [-0.2, -0.15) is 4.31 Å². The average Bonchev–Trinajstić information content (AvgIpc) is 2.47. The van der Waals surface area contributed by atoms with Gasteiger partial charge in [0.15, 0.2) is 0 Å². The summed E-state index contributed by atoms with van der Waals surface area (Å²) >= 11 is 5.77. The molecule has 22 heavy (non-hydrogen) atoms. The summed E-state index contributed by atoms with van der Waals surface area (Å²) in [7, 11) is -2.13. The highest BCUT2D eigenvalue weighted by molar-refractivity contribution is 7.92. The van der Waals surface area contributed by atoms with Crippen molar-refractivity contribution in [1.82, 2.24) is 4.31 Å². The van der Waals surface area contributed by atoms with E-state index < -0.39 is 10.0 Å². The first-order chi connectivity index (χ1) is 10.4. The van der Waals surface area contributed by atoms with E-state index in [9.17, 15) is 12.8 Å². The zero-order valence-electron chi connectivity index (χ0n) is 11.9. The molecule has 0 bridgehead atoms. The first-order valence-corrected chi connectivity index (χ1v) is 8.39. The Hall–Kier alpha value is -1.69. The maximum Gasteiger partial charge on any atom is 0.236 e. The van der Waals surface area contributed by atoms with Gasteiger partial charge in [0.1, 0.15) is 5.82 Å². The average molecular weight is 340 g/mol. The van der Waals surface area contributed by atoms with Crippen molar-refractivity contribution in [3.05, 3.63) is 75.9 Å². The fourth-order valence-electron chi connectivity index (χ4n) is 1.82. The van der Waals surface area contributed by atoms with E-state index in [-0.39, 0.29) is 12.4 Å². The molecule has 3 nitrogen and oxygen atoms in total. The van der Waals surface area contributed by atoms with Crippen molar-refractivity contribution < 1.29 is 12.8 Å². The van der Waals surface area contributed by atoms with Gasteiger partial charge in [0.2, 0.25) is 10.0 Å². The van der Waals surface area contributed by atoms with Crippen LogP contribution in [-0.4, -0.2) is 19.8 Å². The van der Waals surface area contributed by atoms with Crippen LogP contribution >= 0.6 is 11.6 Å². The third kappa shape index (κ3) is 4.66. The van der Waals surface area contributed by atoms with Crippen LogP contribution in [0.4, 0.5) is 4.39 Å². The number of nitrogens with zero attached hydrogens (tertiary/aromatic N) is 1. The summed E-state index contributed by atoms with van der Waals surface area (Å²) in [6, 6.07) is 12.7. The molecule has 0 N–H and O–H groups in total. The van der Waals surface area contributed by atoms with E-state index in [1.54, 1.807) is 36.4 Å². The normalized spacial score (nSPS) is 12.2. The number of sulfonamides is 1. The summed E-state index contributed by atoms with van der Waals surface area (Å²) in [6.45, 7) is 0.102. The molecule has 6 heteroatoms. The van der Waals surface area contributed by atoms with Crippen LogP contribution in [0.2, 0.25) is 5.02 Å². The van der Waals surface area contributed by atoms with Crippen LogP contribution in [0, 0.1) is 5.82 Å². The van der Waals surface area contributed by atoms with Crippen molar-refractivity contribution in [1.29, 1.82) is 0 Å². The lowest BCUT2D eigenvalue weighted by molar-refractivity contribution is 0.474. The largest absolute Gasteiger partial charge is 0.236 e. The van der Waals surface area contributed by atoms with Gasteiger partial charge < -0.3 is 0 Å². The second-order valence-corrected chi connectivity index (χ2v) is 7.15. The quantitative estimate of drug-likeness (QED) is 0.828. The third-order valence-electron chi connectivity index (χ3n) is 3.03. The molecule has 0 saturated carbocycles. The predicted molar refractivity (Wildman–Crippen MR) is 87.3 cm³/mol. The van der Waals surface area contributed by atoms with Gasteiger partial charge in [-0.05, 0) is 41.5 Å². The molecule has 0 spiro atoms. The van der Waals surface area contributed by atoms with Gasteiger partial charge in [-0.25, -0.2) is 12.8 Å². The first-order valence-electron chi connectivity index (χ1n) is 6.51. The number of rotatable bonds is 5. The summed E-state index contributed by atoms with van der Waals surface area (Å²) in [5.41, 5.74) is 1.32. The Labute approximate surface area is 134 Å². The summed E-state index contributed by atoms with van der Waals surface area (Å²) in [5.74, 6) is -0.389. The van der Waals surface area contributed by atoms with Crippen molar-refractivity contribution in [2.24, 2.45) is 0 Å². The SMILES string of the molecule is CN(Cc1cccc(F)c1)S(=O)(=O)/C=C/c1ccc(Cl)cc1. The minimum atomic E-state index is -3.58. The van der Waals surface area contributed by atoms with Gasteiger partial charge in [0.05, 0.1) is 0 Å². The lowest BCUT2D eigenvalue weighted by atomic mass is 10.2. The van der Waals surface area contributed by atoms with Crippen molar-refractivity contribution in [2.75, 3.05) is 7.05 Å². The third-order valence-corrected chi connectivity index (χ3v) is 4.76. The molecule has 0 unspecified atom stereocenters. The molecule has 0 amide bonds. The van der Waals surface area contributed by atoms with Gasteiger partial charge in [-0.1, -0.05) is 35.9 Å². The second-order valence-electron chi connectivity index (χ2n) is 4.79. The molecule has 2 aromatic carbocycles. The Balaban J connectivity index is 2.10. The molecule has 2 aromatic rings. The molecule has 0 heterocycles. The molecule has 0 radical (unpaired) electrons. The fourth-order valence-corrected chi connectivity index (χ4v) is 2.82. The standard InChI is InChI=1S/C16H15ClFNO2S/c1-19(12-14-3-2-4-16(18)11-14)22(20,21)10-9-13-5-7-15(17)8-6-13/h2-11H,12H2,1H3/b10-9+. The Morgan fingerprint density at radius 2 is 1.86 bits per heavy atom. The zero-order valence-corrected chi connectivity index (χ0v) is 13.5. The molecular formula is C16H15ClFNO2S. The van der Waals surface area contributed by atoms with Crippen molar-refractivity contribution in [3.63, 3.8) is 0 Å². The molecule has 0 atom stereocenters. The van der Waals surface area contributed by atoms with Gasteiger partial charge in [0.25, 0.3) is 0 Å². The Bertz CT molecular complexity index is 773. The maximum absolute atomic E-state index is 13.1. The minimum absolute atomic E-state index is 0.102. The Kier molecular flexibility index (Phi) is 5.34. The second kappa shape index (κ2) is 7.05. The summed E-state index contributed by atoms with van der Waals surface area (Å²) in [6.07, 6.45) is 1.49. The number of hydrogen-bond donors (Lipinski definition) is 0. The number of benzene rings is 2. The van der Waals surface area contributed by atoms with Crippen molar-refractivity contribution >= 4 is 27.7 Å². The molecule has 0 saturated heterocycles. The van der Waals surface area contributed by atoms with Gasteiger partial charge in [0, 0.05) is 24.0 Å². The predicted octanol–water partition coefficient (Wildman–Crippen LogP) is 3.91. The highest BCUT2D eigenvalue weighted by Crippen LogP contribution is 2.14. The van der Waals surface area contributed by atoms with Crippen molar-refractivity contribution in [2.45, 2.75) is 6.54 Å². The molecular weight excluding hydrogens is 325 g/mol. The van der Waals surface area contributed by atoms with Crippen LogP contribution in [0.15, 0.2) is 53.9 Å². The van der Waals surface area contributed by atoms with E-state index >= 15 is 0 Å². The van der Waals surface area contributed by atoms with E-state index in [1.807, 2.05) is 0 Å². The van der Waals surface area contributed by atoms with Crippen LogP contribution in [0.25, 0.3) is 6.08 Å². The minimum Gasteiger partial charge on any atom is -0.208 e. The summed E-state index contributed by atoms with van der Waals surface area (Å²) in [4.78, 5) is 0. The zero-order chi connectivity index (χ0) is 16.2. The van der Waals surface area contributed by atoms with Crippen LogP contribution in [0.5, 0.6) is 0 Å². The highest BCUT2D eigenvalue weighted by Gasteiger charge is 2.14. The Morgan fingerprint density at radius 3 is 2.50 bits per heavy atom. The topological polar surface area (TPSA) is 37.4 Å². The molecule has 0 aliphatic rings. The van der Waals surface area contributed by atoms with Crippen LogP contribution in [-0.2, 0) is 16.6 Å². The molecule has 2 rings (SSSR count).